The number of hydrogen-bond donors (Lipinski definition) is 2. The minimum atomic E-state index is -0.733. The van der Waals surface area contributed by atoms with Gasteiger partial charge in [-0.05, 0) is 24.1 Å². The normalized spacial score (nSPS) is 20.0. The molecule has 13 heteroatoms. The topological polar surface area (TPSA) is 168 Å². The van der Waals surface area contributed by atoms with Gasteiger partial charge in [-0.2, -0.15) is 0 Å². The maximum Gasteiger partial charge on any atom is 0.255 e. The fraction of sp³-hybridized carbons (Fsp3) is 0.522. The van der Waals surface area contributed by atoms with Gasteiger partial charge in [-0.3, -0.25) is 34.2 Å². The number of fused-ring (bicyclic) bond motifs is 1. The Balaban J connectivity index is 1.29. The molecule has 3 aliphatic heterocycles. The number of hydrogen-bond acceptors (Lipinski definition) is 7. The Labute approximate surface area is 207 Å². The average molecular weight is 497 g/mol. The summed E-state index contributed by atoms with van der Waals surface area (Å²) in [5, 5.41) is 8.60. The van der Waals surface area contributed by atoms with Gasteiger partial charge >= 0.3 is 0 Å². The molecule has 3 heterocycles. The predicted octanol–water partition coefficient (Wildman–Crippen LogP) is 0.621. The van der Waals surface area contributed by atoms with Gasteiger partial charge in [0.2, 0.25) is 23.6 Å². The summed E-state index contributed by atoms with van der Waals surface area (Å²) in [6, 6.07) is 4.26. The lowest BCUT2D eigenvalue weighted by Crippen LogP contribution is -2.52. The summed E-state index contributed by atoms with van der Waals surface area (Å²) in [5.41, 5.74) is 9.86. The van der Waals surface area contributed by atoms with Crippen LogP contribution in [0.3, 0.4) is 0 Å². The Bertz CT molecular complexity index is 1120. The summed E-state index contributed by atoms with van der Waals surface area (Å²) in [4.78, 5) is 69.8. The Morgan fingerprint density at radius 1 is 1.14 bits per heavy atom. The molecule has 190 valence electrons. The number of amides is 5. The Kier molecular flexibility index (Phi) is 7.81. The van der Waals surface area contributed by atoms with Crippen molar-refractivity contribution in [1.82, 2.24) is 20.0 Å². The summed E-state index contributed by atoms with van der Waals surface area (Å²) < 4.78 is 0. The standard InChI is InChI=1S/C23H28N8O5/c24-28-25-8-9-29-10-12-30(13-11-29)21(34)7-6-19(32)26-17-3-1-2-15-16(17)14-31(23(15)36)18-4-5-20(33)27-22(18)35/h1-3,18H,4-14H2,(H,26,32)(H,27,33,35). The largest absolute Gasteiger partial charge is 0.340 e. The van der Waals surface area contributed by atoms with Gasteiger partial charge in [0.15, 0.2) is 0 Å². The minimum absolute atomic E-state index is 0.00437. The zero-order chi connectivity index (χ0) is 25.7. The van der Waals surface area contributed by atoms with Crippen LogP contribution >= 0.6 is 0 Å². The molecule has 13 nitrogen and oxygen atoms in total. The van der Waals surface area contributed by atoms with E-state index in [0.717, 1.165) is 0 Å². The van der Waals surface area contributed by atoms with Crippen LogP contribution < -0.4 is 10.6 Å². The van der Waals surface area contributed by atoms with Crippen molar-refractivity contribution in [2.45, 2.75) is 38.3 Å². The van der Waals surface area contributed by atoms with Crippen molar-refractivity contribution >= 4 is 35.2 Å². The number of nitrogens with zero attached hydrogens (tertiary/aromatic N) is 6. The molecule has 4 rings (SSSR count). The lowest BCUT2D eigenvalue weighted by atomic mass is 10.0. The fourth-order valence-corrected chi connectivity index (χ4v) is 4.75. The first-order chi connectivity index (χ1) is 17.4. The van der Waals surface area contributed by atoms with Crippen LogP contribution in [0.1, 0.15) is 41.6 Å². The maximum absolute atomic E-state index is 12.9. The lowest BCUT2D eigenvalue weighted by Gasteiger charge is -2.34. The third-order valence-electron chi connectivity index (χ3n) is 6.73. The summed E-state index contributed by atoms with van der Waals surface area (Å²) in [6.07, 6.45) is 0.501. The lowest BCUT2D eigenvalue weighted by molar-refractivity contribution is -0.137. The van der Waals surface area contributed by atoms with E-state index in [-0.39, 0.29) is 55.9 Å². The number of imide groups is 1. The number of piperazine rings is 1. The molecule has 0 aromatic heterocycles. The van der Waals surface area contributed by atoms with E-state index in [1.54, 1.807) is 23.1 Å². The SMILES string of the molecule is [N-]=[N+]=NCCN1CCN(C(=O)CCC(=O)Nc2cccc3c2CN(C2CCC(=O)NC2=O)C3=O)CC1. The van der Waals surface area contributed by atoms with Gasteiger partial charge in [0.25, 0.3) is 5.91 Å². The molecular weight excluding hydrogens is 468 g/mol. The molecule has 0 bridgehead atoms. The van der Waals surface area contributed by atoms with Gasteiger partial charge in [-0.1, -0.05) is 11.2 Å². The monoisotopic (exact) mass is 496 g/mol. The minimum Gasteiger partial charge on any atom is -0.340 e. The highest BCUT2D eigenvalue weighted by atomic mass is 16.2. The van der Waals surface area contributed by atoms with Gasteiger partial charge in [0, 0.05) is 86.8 Å². The predicted molar refractivity (Wildman–Crippen MR) is 127 cm³/mol. The number of nitrogens with one attached hydrogen (secondary N) is 2. The average Bonchev–Trinajstić information content (AvgIpc) is 3.20. The smallest absolute Gasteiger partial charge is 0.255 e. The zero-order valence-electron chi connectivity index (χ0n) is 19.8. The molecule has 1 aromatic rings. The second-order valence-electron chi connectivity index (χ2n) is 8.96. The first kappa shape index (κ1) is 25.1. The number of benzene rings is 1. The molecule has 5 amide bonds. The number of anilines is 1. The summed E-state index contributed by atoms with van der Waals surface area (Å²) >= 11 is 0. The number of rotatable bonds is 8. The first-order valence-electron chi connectivity index (χ1n) is 11.9. The van der Waals surface area contributed by atoms with Crippen LogP contribution in [-0.2, 0) is 25.7 Å². The van der Waals surface area contributed by atoms with Gasteiger partial charge in [0.1, 0.15) is 6.04 Å². The molecule has 2 saturated heterocycles. The first-order valence-corrected chi connectivity index (χ1v) is 11.9. The van der Waals surface area contributed by atoms with Crippen molar-refractivity contribution < 1.29 is 24.0 Å². The summed E-state index contributed by atoms with van der Waals surface area (Å²) in [6.45, 7) is 3.69. The molecule has 3 aliphatic rings. The molecule has 0 aliphatic carbocycles. The van der Waals surface area contributed by atoms with E-state index in [1.807, 2.05) is 0 Å². The molecule has 1 atom stereocenters. The molecule has 2 N–H and O–H groups in total. The molecular formula is C23H28N8O5. The van der Waals surface area contributed by atoms with Crippen molar-refractivity contribution in [3.8, 4) is 0 Å². The molecule has 2 fully saturated rings. The highest BCUT2D eigenvalue weighted by molar-refractivity contribution is 6.06. The van der Waals surface area contributed by atoms with E-state index < -0.39 is 11.9 Å². The van der Waals surface area contributed by atoms with Crippen LogP contribution in [0, 0.1) is 0 Å². The maximum atomic E-state index is 12.9. The fourth-order valence-electron chi connectivity index (χ4n) is 4.75. The summed E-state index contributed by atoms with van der Waals surface area (Å²) in [7, 11) is 0. The van der Waals surface area contributed by atoms with Crippen LogP contribution in [-0.4, -0.2) is 89.5 Å². The van der Waals surface area contributed by atoms with E-state index in [2.05, 4.69) is 25.6 Å². The second kappa shape index (κ2) is 11.2. The number of azide groups is 1. The second-order valence-corrected chi connectivity index (χ2v) is 8.96. The quantitative estimate of drug-likeness (QED) is 0.231. The molecule has 36 heavy (non-hydrogen) atoms. The van der Waals surface area contributed by atoms with Crippen LogP contribution in [0.5, 0.6) is 0 Å². The molecule has 0 spiro atoms. The van der Waals surface area contributed by atoms with Crippen molar-refractivity contribution in [3.63, 3.8) is 0 Å². The molecule has 0 saturated carbocycles. The zero-order valence-corrected chi connectivity index (χ0v) is 19.8. The van der Waals surface area contributed by atoms with Crippen molar-refractivity contribution in [3.05, 3.63) is 39.8 Å². The van der Waals surface area contributed by atoms with E-state index in [1.165, 1.54) is 4.90 Å². The van der Waals surface area contributed by atoms with Crippen LogP contribution in [0.25, 0.3) is 10.4 Å². The van der Waals surface area contributed by atoms with Crippen molar-refractivity contribution in [2.75, 3.05) is 44.6 Å². The number of piperidine rings is 1. The van der Waals surface area contributed by atoms with E-state index >= 15 is 0 Å². The van der Waals surface area contributed by atoms with E-state index in [0.29, 0.717) is 56.1 Å². The molecule has 1 aromatic carbocycles. The van der Waals surface area contributed by atoms with Crippen molar-refractivity contribution in [2.24, 2.45) is 5.11 Å². The van der Waals surface area contributed by atoms with Gasteiger partial charge in [-0.25, -0.2) is 0 Å². The summed E-state index contributed by atoms with van der Waals surface area (Å²) in [5.74, 6) is -1.60. The highest BCUT2D eigenvalue weighted by Crippen LogP contribution is 2.32. The van der Waals surface area contributed by atoms with E-state index in [4.69, 9.17) is 5.53 Å². The highest BCUT2D eigenvalue weighted by Gasteiger charge is 2.40. The van der Waals surface area contributed by atoms with E-state index in [9.17, 15) is 24.0 Å². The van der Waals surface area contributed by atoms with Crippen LogP contribution in [0.4, 0.5) is 5.69 Å². The van der Waals surface area contributed by atoms with Gasteiger partial charge in [0.05, 0.1) is 0 Å². The van der Waals surface area contributed by atoms with Crippen LogP contribution in [0.2, 0.25) is 0 Å². The molecule has 1 unspecified atom stereocenters. The Morgan fingerprint density at radius 2 is 1.92 bits per heavy atom. The van der Waals surface area contributed by atoms with Gasteiger partial charge in [-0.15, -0.1) is 0 Å². The number of carbonyl (C=O) groups excluding carboxylic acids is 5. The van der Waals surface area contributed by atoms with Crippen LogP contribution in [0.15, 0.2) is 23.3 Å². The molecule has 0 radical (unpaired) electrons. The Morgan fingerprint density at radius 3 is 2.64 bits per heavy atom. The third kappa shape index (κ3) is 5.64. The third-order valence-corrected chi connectivity index (χ3v) is 6.73. The van der Waals surface area contributed by atoms with Crippen molar-refractivity contribution in [1.29, 1.82) is 0 Å². The number of carbonyl (C=O) groups is 5. The Hall–Kier alpha value is -3.96. The van der Waals surface area contributed by atoms with Gasteiger partial charge < -0.3 is 15.1 Å².